The molecule has 0 radical (unpaired) electrons. The molecule has 0 amide bonds. The Morgan fingerprint density at radius 1 is 1.29 bits per heavy atom. The van der Waals surface area contributed by atoms with Crippen molar-refractivity contribution in [1.29, 1.82) is 0 Å². The zero-order chi connectivity index (χ0) is 9.97. The molecule has 14 heavy (non-hydrogen) atoms. The third kappa shape index (κ3) is 1.97. The van der Waals surface area contributed by atoms with Gasteiger partial charge in [-0.2, -0.15) is 0 Å². The Kier molecular flexibility index (Phi) is 2.85. The van der Waals surface area contributed by atoms with Crippen LogP contribution in [-0.2, 0) is 11.3 Å². The second-order valence-corrected chi connectivity index (χ2v) is 4.56. The topological polar surface area (TPSA) is 9.23 Å². The average molecular weight is 206 g/mol. The molecule has 0 aliphatic heterocycles. The molecular formula is C12H14OS. The third-order valence-electron chi connectivity index (χ3n) is 2.17. The summed E-state index contributed by atoms with van der Waals surface area (Å²) in [5.41, 5.74) is 1.32. The number of benzene rings is 1. The SMILES string of the molecule is CCOCc1cc2cc(C)ccc2s1. The summed E-state index contributed by atoms with van der Waals surface area (Å²) in [6.45, 7) is 5.68. The van der Waals surface area contributed by atoms with Crippen molar-refractivity contribution in [3.8, 4) is 0 Å². The predicted octanol–water partition coefficient (Wildman–Crippen LogP) is 3.75. The molecule has 0 atom stereocenters. The van der Waals surface area contributed by atoms with E-state index in [4.69, 9.17) is 4.74 Å². The Morgan fingerprint density at radius 2 is 2.14 bits per heavy atom. The lowest BCUT2D eigenvalue weighted by Gasteiger charge is -1.94. The van der Waals surface area contributed by atoms with E-state index in [0.29, 0.717) is 0 Å². The normalized spacial score (nSPS) is 11.0. The van der Waals surface area contributed by atoms with Gasteiger partial charge in [-0.25, -0.2) is 0 Å². The van der Waals surface area contributed by atoms with Crippen molar-refractivity contribution >= 4 is 21.4 Å². The highest BCUT2D eigenvalue weighted by molar-refractivity contribution is 7.19. The van der Waals surface area contributed by atoms with Crippen LogP contribution in [-0.4, -0.2) is 6.61 Å². The number of aryl methyl sites for hydroxylation is 1. The summed E-state index contributed by atoms with van der Waals surface area (Å²) >= 11 is 1.82. The van der Waals surface area contributed by atoms with Crippen LogP contribution >= 0.6 is 11.3 Å². The Morgan fingerprint density at radius 3 is 2.93 bits per heavy atom. The van der Waals surface area contributed by atoms with Crippen LogP contribution in [0.4, 0.5) is 0 Å². The van der Waals surface area contributed by atoms with Crippen molar-refractivity contribution in [3.63, 3.8) is 0 Å². The molecule has 0 aliphatic carbocycles. The van der Waals surface area contributed by atoms with Crippen molar-refractivity contribution in [2.24, 2.45) is 0 Å². The molecule has 0 saturated heterocycles. The van der Waals surface area contributed by atoms with Crippen LogP contribution in [0.25, 0.3) is 10.1 Å². The van der Waals surface area contributed by atoms with Crippen molar-refractivity contribution < 1.29 is 4.74 Å². The fourth-order valence-electron chi connectivity index (χ4n) is 1.49. The van der Waals surface area contributed by atoms with Crippen LogP contribution in [0.5, 0.6) is 0 Å². The van der Waals surface area contributed by atoms with Gasteiger partial charge in [0.15, 0.2) is 0 Å². The molecule has 1 aromatic carbocycles. The van der Waals surface area contributed by atoms with E-state index in [1.54, 1.807) is 0 Å². The Bertz CT molecular complexity index is 431. The van der Waals surface area contributed by atoms with Gasteiger partial charge in [-0.3, -0.25) is 0 Å². The Labute approximate surface area is 88.3 Å². The minimum absolute atomic E-state index is 0.745. The number of ether oxygens (including phenoxy) is 1. The molecule has 74 valence electrons. The zero-order valence-corrected chi connectivity index (χ0v) is 9.36. The van der Waals surface area contributed by atoms with E-state index in [9.17, 15) is 0 Å². The quantitative estimate of drug-likeness (QED) is 0.743. The Hall–Kier alpha value is -0.860. The number of thiophene rings is 1. The summed E-state index contributed by atoms with van der Waals surface area (Å²) in [5.74, 6) is 0. The van der Waals surface area contributed by atoms with Crippen LogP contribution in [0.15, 0.2) is 24.3 Å². The third-order valence-corrected chi connectivity index (χ3v) is 3.26. The number of rotatable bonds is 3. The van der Waals surface area contributed by atoms with Gasteiger partial charge < -0.3 is 4.74 Å². The maximum absolute atomic E-state index is 5.39. The summed E-state index contributed by atoms with van der Waals surface area (Å²) in [6.07, 6.45) is 0. The molecule has 2 heteroatoms. The first-order valence-electron chi connectivity index (χ1n) is 4.86. The van der Waals surface area contributed by atoms with Gasteiger partial charge in [0.1, 0.15) is 0 Å². The van der Waals surface area contributed by atoms with Crippen molar-refractivity contribution in [1.82, 2.24) is 0 Å². The van der Waals surface area contributed by atoms with Crippen molar-refractivity contribution in [2.75, 3.05) is 6.61 Å². The smallest absolute Gasteiger partial charge is 0.0809 e. The van der Waals surface area contributed by atoms with E-state index in [0.717, 1.165) is 13.2 Å². The average Bonchev–Trinajstić information content (AvgIpc) is 2.56. The van der Waals surface area contributed by atoms with Gasteiger partial charge in [0.05, 0.1) is 6.61 Å². The van der Waals surface area contributed by atoms with Gasteiger partial charge in [-0.05, 0) is 31.4 Å². The zero-order valence-electron chi connectivity index (χ0n) is 8.54. The Balaban J connectivity index is 2.32. The first kappa shape index (κ1) is 9.69. The molecule has 0 bridgehead atoms. The summed E-state index contributed by atoms with van der Waals surface area (Å²) in [5, 5.41) is 1.34. The highest BCUT2D eigenvalue weighted by atomic mass is 32.1. The molecule has 0 aliphatic rings. The monoisotopic (exact) mass is 206 g/mol. The van der Waals surface area contributed by atoms with E-state index in [2.05, 4.69) is 31.2 Å². The van der Waals surface area contributed by atoms with Crippen LogP contribution < -0.4 is 0 Å². The van der Waals surface area contributed by atoms with E-state index >= 15 is 0 Å². The van der Waals surface area contributed by atoms with E-state index in [-0.39, 0.29) is 0 Å². The predicted molar refractivity (Wildman–Crippen MR) is 61.9 cm³/mol. The summed E-state index contributed by atoms with van der Waals surface area (Å²) in [7, 11) is 0. The highest BCUT2D eigenvalue weighted by Gasteiger charge is 2.01. The molecule has 0 unspecified atom stereocenters. The summed E-state index contributed by atoms with van der Waals surface area (Å²) in [6, 6.07) is 8.79. The number of hydrogen-bond acceptors (Lipinski definition) is 2. The second kappa shape index (κ2) is 4.11. The molecule has 1 nitrogen and oxygen atoms in total. The van der Waals surface area contributed by atoms with Gasteiger partial charge in [0, 0.05) is 16.2 Å². The minimum Gasteiger partial charge on any atom is -0.376 e. The van der Waals surface area contributed by atoms with Crippen LogP contribution in [0.3, 0.4) is 0 Å². The molecule has 0 saturated carbocycles. The van der Waals surface area contributed by atoms with Gasteiger partial charge in [-0.15, -0.1) is 11.3 Å². The molecule has 1 heterocycles. The van der Waals surface area contributed by atoms with Gasteiger partial charge in [0.2, 0.25) is 0 Å². The summed E-state index contributed by atoms with van der Waals surface area (Å²) in [4.78, 5) is 1.31. The standard InChI is InChI=1S/C12H14OS/c1-3-13-8-11-7-10-6-9(2)4-5-12(10)14-11/h4-7H,3,8H2,1-2H3. The molecule has 2 rings (SSSR count). The van der Waals surface area contributed by atoms with Gasteiger partial charge in [0.25, 0.3) is 0 Å². The fourth-order valence-corrected chi connectivity index (χ4v) is 2.47. The van der Waals surface area contributed by atoms with Crippen molar-refractivity contribution in [2.45, 2.75) is 20.5 Å². The lowest BCUT2D eigenvalue weighted by molar-refractivity contribution is 0.136. The maximum atomic E-state index is 5.39. The first-order valence-corrected chi connectivity index (χ1v) is 5.68. The first-order chi connectivity index (χ1) is 6.79. The van der Waals surface area contributed by atoms with Crippen LogP contribution in [0.1, 0.15) is 17.4 Å². The largest absolute Gasteiger partial charge is 0.376 e. The van der Waals surface area contributed by atoms with Gasteiger partial charge in [-0.1, -0.05) is 17.7 Å². The maximum Gasteiger partial charge on any atom is 0.0809 e. The second-order valence-electron chi connectivity index (χ2n) is 3.39. The van der Waals surface area contributed by atoms with Crippen LogP contribution in [0.2, 0.25) is 0 Å². The highest BCUT2D eigenvalue weighted by Crippen LogP contribution is 2.26. The van der Waals surface area contributed by atoms with E-state index in [1.807, 2.05) is 18.3 Å². The lowest BCUT2D eigenvalue weighted by atomic mass is 10.2. The summed E-state index contributed by atoms with van der Waals surface area (Å²) < 4.78 is 6.74. The fraction of sp³-hybridized carbons (Fsp3) is 0.333. The van der Waals surface area contributed by atoms with Crippen molar-refractivity contribution in [3.05, 3.63) is 34.7 Å². The van der Waals surface area contributed by atoms with E-state index < -0.39 is 0 Å². The lowest BCUT2D eigenvalue weighted by Crippen LogP contribution is -1.87. The van der Waals surface area contributed by atoms with Crippen LogP contribution in [0, 0.1) is 6.92 Å². The van der Waals surface area contributed by atoms with Gasteiger partial charge >= 0.3 is 0 Å². The van der Waals surface area contributed by atoms with E-state index in [1.165, 1.54) is 20.5 Å². The molecule has 2 aromatic rings. The number of hydrogen-bond donors (Lipinski definition) is 0. The molecule has 0 N–H and O–H groups in total. The molecule has 1 aromatic heterocycles. The molecule has 0 spiro atoms. The molecular weight excluding hydrogens is 192 g/mol. The minimum atomic E-state index is 0.745. The molecule has 0 fully saturated rings. The number of fused-ring (bicyclic) bond motifs is 1.